The molecule has 0 amide bonds. The molecule has 1 unspecified atom stereocenters. The van der Waals surface area contributed by atoms with Crippen molar-refractivity contribution in [1.82, 2.24) is 10.2 Å². The van der Waals surface area contributed by atoms with Gasteiger partial charge in [-0.25, -0.2) is 4.39 Å². The fourth-order valence-electron chi connectivity index (χ4n) is 3.46. The van der Waals surface area contributed by atoms with Crippen molar-refractivity contribution in [3.63, 3.8) is 0 Å². The second kappa shape index (κ2) is 8.41. The molecular formula is C21H27FN2. The molecule has 0 saturated carbocycles. The SMILES string of the molecule is Cc1ccc(C(CNCc2ccccc2F)N2CCCCC2)cc1. The highest BCUT2D eigenvalue weighted by Gasteiger charge is 2.22. The predicted molar refractivity (Wildman–Crippen MR) is 97.5 cm³/mol. The van der Waals surface area contributed by atoms with Crippen LogP contribution in [0, 0.1) is 12.7 Å². The van der Waals surface area contributed by atoms with Gasteiger partial charge in [-0.2, -0.15) is 0 Å². The molecule has 0 spiro atoms. The molecule has 1 aliphatic rings. The lowest BCUT2D eigenvalue weighted by Crippen LogP contribution is -2.39. The van der Waals surface area contributed by atoms with Gasteiger partial charge in [-0.05, 0) is 44.5 Å². The maximum Gasteiger partial charge on any atom is 0.127 e. The van der Waals surface area contributed by atoms with Gasteiger partial charge in [0.15, 0.2) is 0 Å². The van der Waals surface area contributed by atoms with Crippen LogP contribution in [0.5, 0.6) is 0 Å². The van der Waals surface area contributed by atoms with Crippen LogP contribution in [0.25, 0.3) is 0 Å². The van der Waals surface area contributed by atoms with Gasteiger partial charge in [-0.15, -0.1) is 0 Å². The second-order valence-corrected chi connectivity index (χ2v) is 6.75. The van der Waals surface area contributed by atoms with Crippen molar-refractivity contribution in [2.24, 2.45) is 0 Å². The molecule has 1 N–H and O–H groups in total. The van der Waals surface area contributed by atoms with Gasteiger partial charge in [0.05, 0.1) is 0 Å². The molecule has 2 aromatic rings. The zero-order valence-corrected chi connectivity index (χ0v) is 14.5. The van der Waals surface area contributed by atoms with Crippen LogP contribution in [0.3, 0.4) is 0 Å². The number of hydrogen-bond acceptors (Lipinski definition) is 2. The van der Waals surface area contributed by atoms with Crippen LogP contribution in [-0.4, -0.2) is 24.5 Å². The Morgan fingerprint density at radius 2 is 1.71 bits per heavy atom. The number of nitrogens with zero attached hydrogens (tertiary/aromatic N) is 1. The second-order valence-electron chi connectivity index (χ2n) is 6.75. The van der Waals surface area contributed by atoms with E-state index >= 15 is 0 Å². The summed E-state index contributed by atoms with van der Waals surface area (Å²) in [5, 5.41) is 3.47. The zero-order valence-electron chi connectivity index (χ0n) is 14.5. The van der Waals surface area contributed by atoms with Crippen LogP contribution in [0.4, 0.5) is 4.39 Å². The number of rotatable bonds is 6. The minimum absolute atomic E-state index is 0.130. The Kier molecular flexibility index (Phi) is 6.00. The van der Waals surface area contributed by atoms with Crippen molar-refractivity contribution < 1.29 is 4.39 Å². The lowest BCUT2D eigenvalue weighted by atomic mass is 10.0. The maximum absolute atomic E-state index is 13.8. The normalized spacial score (nSPS) is 16.9. The number of hydrogen-bond donors (Lipinski definition) is 1. The summed E-state index contributed by atoms with van der Waals surface area (Å²) in [6, 6.07) is 16.2. The Morgan fingerprint density at radius 1 is 1.00 bits per heavy atom. The van der Waals surface area contributed by atoms with Gasteiger partial charge >= 0.3 is 0 Å². The molecule has 2 aromatic carbocycles. The molecular weight excluding hydrogens is 299 g/mol. The van der Waals surface area contributed by atoms with Crippen LogP contribution < -0.4 is 5.32 Å². The predicted octanol–water partition coefficient (Wildman–Crippen LogP) is 4.45. The largest absolute Gasteiger partial charge is 0.311 e. The Hall–Kier alpha value is -1.71. The third kappa shape index (κ3) is 4.43. The van der Waals surface area contributed by atoms with Gasteiger partial charge in [-0.3, -0.25) is 4.90 Å². The van der Waals surface area contributed by atoms with Crippen molar-refractivity contribution in [3.8, 4) is 0 Å². The summed E-state index contributed by atoms with van der Waals surface area (Å²) in [4.78, 5) is 2.57. The van der Waals surface area contributed by atoms with E-state index < -0.39 is 0 Å². The highest BCUT2D eigenvalue weighted by molar-refractivity contribution is 5.25. The number of piperidine rings is 1. The van der Waals surface area contributed by atoms with E-state index in [1.165, 1.54) is 36.5 Å². The van der Waals surface area contributed by atoms with Crippen molar-refractivity contribution in [3.05, 3.63) is 71.0 Å². The fourth-order valence-corrected chi connectivity index (χ4v) is 3.46. The van der Waals surface area contributed by atoms with E-state index in [9.17, 15) is 4.39 Å². The molecule has 1 aliphatic heterocycles. The highest BCUT2D eigenvalue weighted by Crippen LogP contribution is 2.24. The van der Waals surface area contributed by atoms with E-state index in [1.807, 2.05) is 12.1 Å². The average Bonchev–Trinajstić information content (AvgIpc) is 2.62. The molecule has 1 atom stereocenters. The number of aryl methyl sites for hydroxylation is 1. The Balaban J connectivity index is 1.67. The van der Waals surface area contributed by atoms with Crippen molar-refractivity contribution in [2.45, 2.75) is 38.8 Å². The van der Waals surface area contributed by atoms with Crippen LogP contribution in [-0.2, 0) is 6.54 Å². The molecule has 3 rings (SSSR count). The summed E-state index contributed by atoms with van der Waals surface area (Å²) in [5.41, 5.74) is 3.37. The number of likely N-dealkylation sites (tertiary alicyclic amines) is 1. The molecule has 1 fully saturated rings. The van der Waals surface area contributed by atoms with E-state index in [1.54, 1.807) is 6.07 Å². The molecule has 0 aliphatic carbocycles. The first kappa shape index (κ1) is 17.1. The smallest absolute Gasteiger partial charge is 0.127 e. The van der Waals surface area contributed by atoms with Gasteiger partial charge in [0.1, 0.15) is 5.82 Å². The Morgan fingerprint density at radius 3 is 2.42 bits per heavy atom. The molecule has 0 bridgehead atoms. The van der Waals surface area contributed by atoms with Gasteiger partial charge in [0.25, 0.3) is 0 Å². The minimum Gasteiger partial charge on any atom is -0.311 e. The summed E-state index contributed by atoms with van der Waals surface area (Å²) < 4.78 is 13.8. The average molecular weight is 326 g/mol. The van der Waals surface area contributed by atoms with Crippen LogP contribution in [0.2, 0.25) is 0 Å². The standard InChI is InChI=1S/C21H27FN2/c1-17-9-11-18(12-10-17)21(24-13-5-2-6-14-24)16-23-15-19-7-3-4-8-20(19)22/h3-4,7-12,21,23H,2,5-6,13-16H2,1H3. The third-order valence-corrected chi connectivity index (χ3v) is 4.90. The first-order valence-electron chi connectivity index (χ1n) is 8.99. The van der Waals surface area contributed by atoms with E-state index in [4.69, 9.17) is 0 Å². The van der Waals surface area contributed by atoms with Crippen molar-refractivity contribution in [2.75, 3.05) is 19.6 Å². The molecule has 24 heavy (non-hydrogen) atoms. The van der Waals surface area contributed by atoms with E-state index in [2.05, 4.69) is 41.4 Å². The topological polar surface area (TPSA) is 15.3 Å². The summed E-state index contributed by atoms with van der Waals surface area (Å²) in [6.07, 6.45) is 3.88. The van der Waals surface area contributed by atoms with Crippen LogP contribution >= 0.6 is 0 Å². The van der Waals surface area contributed by atoms with Gasteiger partial charge in [-0.1, -0.05) is 54.4 Å². The van der Waals surface area contributed by atoms with Crippen molar-refractivity contribution in [1.29, 1.82) is 0 Å². The zero-order chi connectivity index (χ0) is 16.8. The fraction of sp³-hybridized carbons (Fsp3) is 0.429. The van der Waals surface area contributed by atoms with Crippen molar-refractivity contribution >= 4 is 0 Å². The number of benzene rings is 2. The van der Waals surface area contributed by atoms with E-state index in [0.29, 0.717) is 12.6 Å². The summed E-state index contributed by atoms with van der Waals surface area (Å²) >= 11 is 0. The number of nitrogens with one attached hydrogen (secondary N) is 1. The van der Waals surface area contributed by atoms with Gasteiger partial charge in [0, 0.05) is 24.7 Å². The summed E-state index contributed by atoms with van der Waals surface area (Å²) in [5.74, 6) is -0.130. The molecule has 0 aromatic heterocycles. The Labute approximate surface area is 144 Å². The first-order valence-corrected chi connectivity index (χ1v) is 8.99. The quantitative estimate of drug-likeness (QED) is 0.843. The van der Waals surface area contributed by atoms with E-state index in [-0.39, 0.29) is 5.82 Å². The molecule has 3 heteroatoms. The van der Waals surface area contributed by atoms with Gasteiger partial charge in [0.2, 0.25) is 0 Å². The molecule has 128 valence electrons. The lowest BCUT2D eigenvalue weighted by molar-refractivity contribution is 0.160. The van der Waals surface area contributed by atoms with E-state index in [0.717, 1.165) is 25.2 Å². The molecule has 2 nitrogen and oxygen atoms in total. The van der Waals surface area contributed by atoms with Crippen LogP contribution in [0.15, 0.2) is 48.5 Å². The third-order valence-electron chi connectivity index (χ3n) is 4.90. The van der Waals surface area contributed by atoms with Gasteiger partial charge < -0.3 is 5.32 Å². The highest BCUT2D eigenvalue weighted by atomic mass is 19.1. The molecule has 0 radical (unpaired) electrons. The Bertz CT molecular complexity index is 633. The monoisotopic (exact) mass is 326 g/mol. The van der Waals surface area contributed by atoms with Crippen LogP contribution in [0.1, 0.15) is 42.0 Å². The summed E-state index contributed by atoms with van der Waals surface area (Å²) in [6.45, 7) is 5.84. The minimum atomic E-state index is -0.130. The lowest BCUT2D eigenvalue weighted by Gasteiger charge is -2.35. The molecule has 1 heterocycles. The number of halogens is 1. The first-order chi connectivity index (χ1) is 11.7. The molecule has 1 saturated heterocycles. The summed E-state index contributed by atoms with van der Waals surface area (Å²) in [7, 11) is 0. The maximum atomic E-state index is 13.8.